The molecule has 3 nitrogen and oxygen atoms in total. The maximum absolute atomic E-state index is 12.0. The monoisotopic (exact) mass is 361 g/mol. The Morgan fingerprint density at radius 2 is 1.95 bits per heavy atom. The highest BCUT2D eigenvalue weighted by molar-refractivity contribution is 9.10. The Kier molecular flexibility index (Phi) is 5.61. The molecular weight excluding hydrogens is 342 g/mol. The maximum Gasteiger partial charge on any atom is 0.258 e. The van der Waals surface area contributed by atoms with Crippen LogP contribution in [-0.2, 0) is 4.79 Å². The molecular formula is C18H20BrNO2. The topological polar surface area (TPSA) is 38.3 Å². The number of hydrogen-bond donors (Lipinski definition) is 1. The second-order valence-electron chi connectivity index (χ2n) is 5.37. The lowest BCUT2D eigenvalue weighted by molar-refractivity contribution is -0.123. The van der Waals surface area contributed by atoms with E-state index >= 15 is 0 Å². The number of rotatable bonds is 5. The van der Waals surface area contributed by atoms with E-state index in [0.29, 0.717) is 5.75 Å². The summed E-state index contributed by atoms with van der Waals surface area (Å²) in [6, 6.07) is 13.8. The average Bonchev–Trinajstić information content (AvgIpc) is 2.46. The number of ether oxygens (including phenoxy) is 1. The lowest BCUT2D eigenvalue weighted by Crippen LogP contribution is -2.31. The van der Waals surface area contributed by atoms with E-state index in [4.69, 9.17) is 4.74 Å². The van der Waals surface area contributed by atoms with Gasteiger partial charge in [-0.25, -0.2) is 0 Å². The number of carbonyl (C=O) groups is 1. The van der Waals surface area contributed by atoms with Crippen molar-refractivity contribution < 1.29 is 9.53 Å². The fraction of sp³-hybridized carbons (Fsp3) is 0.278. The normalized spacial score (nSPS) is 11.8. The van der Waals surface area contributed by atoms with Crippen molar-refractivity contribution in [3.05, 3.63) is 63.6 Å². The molecule has 1 N–H and O–H groups in total. The van der Waals surface area contributed by atoms with Crippen LogP contribution < -0.4 is 10.1 Å². The summed E-state index contributed by atoms with van der Waals surface area (Å²) in [5.74, 6) is 0.535. The predicted octanol–water partition coefficient (Wildman–Crippen LogP) is 4.32. The Labute approximate surface area is 139 Å². The van der Waals surface area contributed by atoms with Gasteiger partial charge in [0.25, 0.3) is 5.91 Å². The second-order valence-corrected chi connectivity index (χ2v) is 6.22. The second kappa shape index (κ2) is 7.45. The number of amides is 1. The van der Waals surface area contributed by atoms with E-state index in [0.717, 1.165) is 21.2 Å². The van der Waals surface area contributed by atoms with Crippen LogP contribution in [0.2, 0.25) is 0 Å². The number of aryl methyl sites for hydroxylation is 2. The van der Waals surface area contributed by atoms with Crippen molar-refractivity contribution in [2.24, 2.45) is 0 Å². The summed E-state index contributed by atoms with van der Waals surface area (Å²) in [6.07, 6.45) is 0. The van der Waals surface area contributed by atoms with Gasteiger partial charge in [-0.15, -0.1) is 0 Å². The molecule has 2 aromatic rings. The summed E-state index contributed by atoms with van der Waals surface area (Å²) in [5, 5.41) is 2.96. The summed E-state index contributed by atoms with van der Waals surface area (Å²) >= 11 is 3.44. The molecule has 1 amide bonds. The van der Waals surface area contributed by atoms with Crippen LogP contribution in [-0.4, -0.2) is 12.5 Å². The van der Waals surface area contributed by atoms with Crippen LogP contribution in [0.3, 0.4) is 0 Å². The molecule has 0 fully saturated rings. The van der Waals surface area contributed by atoms with Gasteiger partial charge < -0.3 is 10.1 Å². The summed E-state index contributed by atoms with van der Waals surface area (Å²) in [4.78, 5) is 12.0. The van der Waals surface area contributed by atoms with Gasteiger partial charge in [0.05, 0.1) is 10.5 Å². The van der Waals surface area contributed by atoms with Crippen molar-refractivity contribution >= 4 is 21.8 Å². The summed E-state index contributed by atoms with van der Waals surface area (Å²) in [5.41, 5.74) is 3.42. The number of nitrogens with one attached hydrogen (secondary N) is 1. The predicted molar refractivity (Wildman–Crippen MR) is 92.1 cm³/mol. The van der Waals surface area contributed by atoms with Gasteiger partial charge in [-0.2, -0.15) is 0 Å². The molecule has 1 atom stereocenters. The van der Waals surface area contributed by atoms with E-state index in [-0.39, 0.29) is 18.6 Å². The standard InChI is InChI=1S/C18H20BrNO2/c1-12-8-9-17(16(19)10-12)22-11-18(21)20-14(3)15-7-5-4-6-13(15)2/h4-10,14H,11H2,1-3H3,(H,20,21). The maximum atomic E-state index is 12.0. The molecule has 0 aromatic heterocycles. The van der Waals surface area contributed by atoms with E-state index in [1.807, 2.05) is 63.2 Å². The molecule has 2 rings (SSSR count). The molecule has 0 aliphatic heterocycles. The van der Waals surface area contributed by atoms with E-state index in [9.17, 15) is 4.79 Å². The Balaban J connectivity index is 1.92. The third-order valence-corrected chi connectivity index (χ3v) is 4.10. The van der Waals surface area contributed by atoms with Crippen LogP contribution in [0.25, 0.3) is 0 Å². The number of benzene rings is 2. The lowest BCUT2D eigenvalue weighted by Gasteiger charge is -2.17. The first-order valence-corrected chi connectivity index (χ1v) is 8.00. The minimum atomic E-state index is -0.136. The Hall–Kier alpha value is -1.81. The molecule has 0 aliphatic rings. The molecule has 116 valence electrons. The minimum Gasteiger partial charge on any atom is -0.483 e. The minimum absolute atomic E-state index is 0.00210. The number of halogens is 1. The molecule has 0 heterocycles. The van der Waals surface area contributed by atoms with Gasteiger partial charge in [-0.3, -0.25) is 4.79 Å². The fourth-order valence-electron chi connectivity index (χ4n) is 2.30. The van der Waals surface area contributed by atoms with Gasteiger partial charge in [0.1, 0.15) is 5.75 Å². The first-order valence-electron chi connectivity index (χ1n) is 7.21. The van der Waals surface area contributed by atoms with Gasteiger partial charge in [0.2, 0.25) is 0 Å². The van der Waals surface area contributed by atoms with E-state index in [1.54, 1.807) is 0 Å². The quantitative estimate of drug-likeness (QED) is 0.860. The van der Waals surface area contributed by atoms with Crippen LogP contribution >= 0.6 is 15.9 Å². The molecule has 1 unspecified atom stereocenters. The molecule has 2 aromatic carbocycles. The molecule has 0 radical (unpaired) electrons. The highest BCUT2D eigenvalue weighted by atomic mass is 79.9. The van der Waals surface area contributed by atoms with Gasteiger partial charge >= 0.3 is 0 Å². The van der Waals surface area contributed by atoms with Crippen molar-refractivity contribution in [1.29, 1.82) is 0 Å². The van der Waals surface area contributed by atoms with Crippen molar-refractivity contribution in [3.8, 4) is 5.75 Å². The van der Waals surface area contributed by atoms with Crippen LogP contribution in [0, 0.1) is 13.8 Å². The smallest absolute Gasteiger partial charge is 0.258 e. The van der Waals surface area contributed by atoms with Gasteiger partial charge in [-0.1, -0.05) is 30.3 Å². The van der Waals surface area contributed by atoms with Crippen LogP contribution in [0.15, 0.2) is 46.9 Å². The molecule has 4 heteroatoms. The van der Waals surface area contributed by atoms with Gasteiger partial charge in [0, 0.05) is 0 Å². The molecule has 0 bridgehead atoms. The molecule has 0 aliphatic carbocycles. The van der Waals surface area contributed by atoms with E-state index in [1.165, 1.54) is 0 Å². The third kappa shape index (κ3) is 4.34. The zero-order valence-electron chi connectivity index (χ0n) is 13.0. The van der Waals surface area contributed by atoms with Crippen molar-refractivity contribution in [1.82, 2.24) is 5.32 Å². The Morgan fingerprint density at radius 3 is 2.64 bits per heavy atom. The molecule has 22 heavy (non-hydrogen) atoms. The SMILES string of the molecule is Cc1ccc(OCC(=O)NC(C)c2ccccc2C)c(Br)c1. The number of hydrogen-bond acceptors (Lipinski definition) is 2. The zero-order chi connectivity index (χ0) is 16.1. The van der Waals surface area contributed by atoms with Crippen molar-refractivity contribution in [2.45, 2.75) is 26.8 Å². The van der Waals surface area contributed by atoms with Gasteiger partial charge in [-0.05, 0) is 65.5 Å². The molecule has 0 saturated heterocycles. The largest absolute Gasteiger partial charge is 0.483 e. The Morgan fingerprint density at radius 1 is 1.23 bits per heavy atom. The van der Waals surface area contributed by atoms with Gasteiger partial charge in [0.15, 0.2) is 6.61 Å². The highest BCUT2D eigenvalue weighted by Gasteiger charge is 2.12. The summed E-state index contributed by atoms with van der Waals surface area (Å²) in [6.45, 7) is 6.02. The van der Waals surface area contributed by atoms with Crippen LogP contribution in [0.4, 0.5) is 0 Å². The van der Waals surface area contributed by atoms with Crippen LogP contribution in [0.1, 0.15) is 29.7 Å². The fourth-order valence-corrected chi connectivity index (χ4v) is 2.91. The summed E-state index contributed by atoms with van der Waals surface area (Å²) in [7, 11) is 0. The zero-order valence-corrected chi connectivity index (χ0v) is 14.6. The Bertz CT molecular complexity index is 670. The average molecular weight is 362 g/mol. The number of carbonyl (C=O) groups excluding carboxylic acids is 1. The summed E-state index contributed by atoms with van der Waals surface area (Å²) < 4.78 is 6.42. The highest BCUT2D eigenvalue weighted by Crippen LogP contribution is 2.25. The first kappa shape index (κ1) is 16.6. The third-order valence-electron chi connectivity index (χ3n) is 3.48. The molecule has 0 saturated carbocycles. The van der Waals surface area contributed by atoms with E-state index < -0.39 is 0 Å². The van der Waals surface area contributed by atoms with Crippen molar-refractivity contribution in [2.75, 3.05) is 6.61 Å². The van der Waals surface area contributed by atoms with E-state index in [2.05, 4.69) is 21.2 Å². The molecule has 0 spiro atoms. The van der Waals surface area contributed by atoms with Crippen molar-refractivity contribution in [3.63, 3.8) is 0 Å². The lowest BCUT2D eigenvalue weighted by atomic mass is 10.0. The first-order chi connectivity index (χ1) is 10.5. The van der Waals surface area contributed by atoms with Crippen LogP contribution in [0.5, 0.6) is 5.75 Å².